The predicted molar refractivity (Wildman–Crippen MR) is 124 cm³/mol. The van der Waals surface area contributed by atoms with E-state index >= 15 is 0 Å². The topological polar surface area (TPSA) is 34.1 Å². The molecule has 0 saturated carbocycles. The van der Waals surface area contributed by atoms with Gasteiger partial charge in [0.15, 0.2) is 0 Å². The fourth-order valence-corrected chi connectivity index (χ4v) is 0. The Morgan fingerprint density at radius 1 is 0.346 bits per heavy atom. The van der Waals surface area contributed by atoms with Crippen LogP contribution in [0.3, 0.4) is 0 Å². The molecule has 0 amide bonds. The molecule has 0 bridgehead atoms. The molecule has 0 aromatic carbocycles. The van der Waals surface area contributed by atoms with E-state index in [0.717, 1.165) is 0 Å². The van der Waals surface area contributed by atoms with Crippen LogP contribution in [0.25, 0.3) is 0 Å². The molecular formula is C20H60F4O2. The zero-order valence-corrected chi connectivity index (χ0v) is 19.4. The van der Waals surface area contributed by atoms with Crippen LogP contribution in [0, 0.1) is 0 Å². The fourth-order valence-electron chi connectivity index (χ4n) is 0. The molecule has 0 unspecified atom stereocenters. The molecule has 0 N–H and O–H groups in total. The van der Waals surface area contributed by atoms with Gasteiger partial charge in [-0.05, 0) is 27.7 Å². The Hall–Kier alpha value is -0.940. The standard InChI is InChI=1S/2C3H6O.6C2H6.2CH4.4FH/c2*1-3(2)4;6*1-2;;;;;;/h2*1-2H3;6*1-2H3;2*1H4;4*1H. The smallest absolute Gasteiger partial charge is 0.126 e. The number of carbonyl (C=O) groups excluding carboxylic acids is 2. The third-order valence-corrected chi connectivity index (χ3v) is 0. The van der Waals surface area contributed by atoms with Gasteiger partial charge in [-0.2, -0.15) is 0 Å². The Balaban J connectivity index is -0.00000000523. The van der Waals surface area contributed by atoms with Crippen molar-refractivity contribution in [1.82, 2.24) is 0 Å². The van der Waals surface area contributed by atoms with Crippen LogP contribution in [-0.4, -0.2) is 11.6 Å². The molecule has 0 heterocycles. The van der Waals surface area contributed by atoms with Gasteiger partial charge in [0, 0.05) is 0 Å². The van der Waals surface area contributed by atoms with E-state index in [1.807, 2.05) is 83.1 Å². The Labute approximate surface area is 166 Å². The number of halogens is 4. The van der Waals surface area contributed by atoms with Crippen molar-refractivity contribution in [1.29, 1.82) is 0 Å². The van der Waals surface area contributed by atoms with E-state index in [1.54, 1.807) is 0 Å². The normalized spacial score (nSPS) is 3.38. The van der Waals surface area contributed by atoms with Crippen LogP contribution < -0.4 is 0 Å². The minimum atomic E-state index is 0. The van der Waals surface area contributed by atoms with Gasteiger partial charge in [0.05, 0.1) is 0 Å². The largest absolute Gasteiger partial charge is 0.300 e. The molecule has 0 rings (SSSR count). The van der Waals surface area contributed by atoms with E-state index in [-0.39, 0.29) is 45.2 Å². The summed E-state index contributed by atoms with van der Waals surface area (Å²) in [5.41, 5.74) is 0. The van der Waals surface area contributed by atoms with Crippen LogP contribution in [0.2, 0.25) is 0 Å². The van der Waals surface area contributed by atoms with Crippen molar-refractivity contribution in [2.24, 2.45) is 0 Å². The van der Waals surface area contributed by atoms with Crippen LogP contribution in [0.15, 0.2) is 0 Å². The van der Waals surface area contributed by atoms with Crippen molar-refractivity contribution < 1.29 is 28.4 Å². The molecule has 0 aliphatic rings. The molecule has 180 valence electrons. The highest BCUT2D eigenvalue weighted by molar-refractivity contribution is 5.72. The molecule has 0 aromatic heterocycles. The molecule has 2 nitrogen and oxygen atoms in total. The number of ketones is 2. The Bertz CT molecular complexity index is 83.8. The van der Waals surface area contributed by atoms with Crippen LogP contribution in [-0.2, 0) is 9.59 Å². The molecule has 0 aromatic rings. The van der Waals surface area contributed by atoms with Crippen LogP contribution in [0.5, 0.6) is 0 Å². The molecule has 0 fully saturated rings. The van der Waals surface area contributed by atoms with E-state index in [4.69, 9.17) is 0 Å². The first-order valence-corrected chi connectivity index (χ1v) is 8.41. The van der Waals surface area contributed by atoms with Gasteiger partial charge in [0.2, 0.25) is 0 Å². The molecule has 6 heteroatoms. The average molecular weight is 409 g/mol. The van der Waals surface area contributed by atoms with Crippen molar-refractivity contribution >= 4 is 11.6 Å². The summed E-state index contributed by atoms with van der Waals surface area (Å²) in [7, 11) is 0. The second-order valence-electron chi connectivity index (χ2n) is 1.82. The van der Waals surface area contributed by atoms with E-state index in [1.165, 1.54) is 27.7 Å². The third-order valence-electron chi connectivity index (χ3n) is 0. The number of carbonyl (C=O) groups is 2. The van der Waals surface area contributed by atoms with E-state index < -0.39 is 0 Å². The highest BCUT2D eigenvalue weighted by Gasteiger charge is 1.62. The molecule has 0 spiro atoms. The number of hydrogen-bond donors (Lipinski definition) is 0. The van der Waals surface area contributed by atoms with Crippen molar-refractivity contribution in [2.45, 2.75) is 126 Å². The van der Waals surface area contributed by atoms with Gasteiger partial charge in [0.1, 0.15) is 11.6 Å². The summed E-state index contributed by atoms with van der Waals surface area (Å²) in [6.45, 7) is 30.1. The number of hydrogen-bond acceptors (Lipinski definition) is 2. The summed E-state index contributed by atoms with van der Waals surface area (Å²) in [6, 6.07) is 0. The maximum absolute atomic E-state index is 9.44. The van der Waals surface area contributed by atoms with Gasteiger partial charge in [-0.1, -0.05) is 97.9 Å². The molecular weight excluding hydrogens is 348 g/mol. The molecule has 0 saturated heterocycles. The van der Waals surface area contributed by atoms with Crippen LogP contribution in [0.1, 0.15) is 126 Å². The van der Waals surface area contributed by atoms with Crippen molar-refractivity contribution in [2.75, 3.05) is 0 Å². The summed E-state index contributed by atoms with van der Waals surface area (Å²) in [6.07, 6.45) is 0. The Morgan fingerprint density at radius 2 is 0.346 bits per heavy atom. The highest BCUT2D eigenvalue weighted by Crippen LogP contribution is 1.50. The molecule has 0 aliphatic heterocycles. The molecule has 0 aliphatic carbocycles. The zero-order chi connectivity index (χ0) is 19.2. The summed E-state index contributed by atoms with van der Waals surface area (Å²) < 4.78 is 0. The molecule has 0 atom stereocenters. The summed E-state index contributed by atoms with van der Waals surface area (Å²) in [5.74, 6) is 0.333. The lowest BCUT2D eigenvalue weighted by molar-refractivity contribution is -0.115. The first-order chi connectivity index (χ1) is 9.46. The SMILES string of the molecule is C.C.CC.CC.CC.CC.CC.CC.CC(C)=O.CC(C)=O.F.F.F.F. The first-order valence-electron chi connectivity index (χ1n) is 8.41. The summed E-state index contributed by atoms with van der Waals surface area (Å²) in [5, 5.41) is 0. The number of rotatable bonds is 0. The minimum absolute atomic E-state index is 0. The lowest BCUT2D eigenvalue weighted by Gasteiger charge is -1.56. The molecule has 26 heavy (non-hydrogen) atoms. The summed E-state index contributed by atoms with van der Waals surface area (Å²) >= 11 is 0. The fraction of sp³-hybridized carbons (Fsp3) is 0.900. The van der Waals surface area contributed by atoms with E-state index in [9.17, 15) is 9.59 Å². The Morgan fingerprint density at radius 3 is 0.346 bits per heavy atom. The van der Waals surface area contributed by atoms with Gasteiger partial charge in [0.25, 0.3) is 0 Å². The van der Waals surface area contributed by atoms with Crippen molar-refractivity contribution in [3.8, 4) is 0 Å². The Kier molecular flexibility index (Phi) is 2280. The van der Waals surface area contributed by atoms with Crippen LogP contribution in [0.4, 0.5) is 18.8 Å². The van der Waals surface area contributed by atoms with Crippen LogP contribution >= 0.6 is 0 Å². The lowest BCUT2D eigenvalue weighted by Crippen LogP contribution is -1.69. The van der Waals surface area contributed by atoms with Crippen molar-refractivity contribution in [3.63, 3.8) is 0 Å². The maximum atomic E-state index is 9.44. The van der Waals surface area contributed by atoms with E-state index in [0.29, 0.717) is 0 Å². The van der Waals surface area contributed by atoms with Gasteiger partial charge in [-0.3, -0.25) is 18.8 Å². The molecule has 0 radical (unpaired) electrons. The van der Waals surface area contributed by atoms with Crippen molar-refractivity contribution in [3.05, 3.63) is 0 Å². The zero-order valence-electron chi connectivity index (χ0n) is 19.4. The van der Waals surface area contributed by atoms with E-state index in [2.05, 4.69) is 0 Å². The lowest BCUT2D eigenvalue weighted by atomic mass is 10.6. The summed E-state index contributed by atoms with van der Waals surface area (Å²) in [4.78, 5) is 18.9. The second-order valence-corrected chi connectivity index (χ2v) is 1.82. The van der Waals surface area contributed by atoms with Gasteiger partial charge in [-0.25, -0.2) is 0 Å². The predicted octanol–water partition coefficient (Wildman–Crippen LogP) is 9.23. The minimum Gasteiger partial charge on any atom is -0.300 e. The third kappa shape index (κ3) is 12700. The van der Waals surface area contributed by atoms with Gasteiger partial charge < -0.3 is 9.59 Å². The first kappa shape index (κ1) is 119. The quantitative estimate of drug-likeness (QED) is 0.374. The number of Topliss-reactive ketones (excluding diaryl/α,β-unsaturated/α-hetero) is 2. The monoisotopic (exact) mass is 408 g/mol. The van der Waals surface area contributed by atoms with Gasteiger partial charge in [-0.15, -0.1) is 0 Å². The average Bonchev–Trinajstić information content (AvgIpc) is 2.50. The van der Waals surface area contributed by atoms with Gasteiger partial charge >= 0.3 is 0 Å². The second kappa shape index (κ2) is 500. The highest BCUT2D eigenvalue weighted by atomic mass is 19.0. The maximum Gasteiger partial charge on any atom is 0.126 e.